The van der Waals surface area contributed by atoms with Gasteiger partial charge in [-0.2, -0.15) is 0 Å². The Kier molecular flexibility index (Phi) is 4.10. The minimum absolute atomic E-state index is 0.268. The van der Waals surface area contributed by atoms with Crippen LogP contribution in [-0.4, -0.2) is 42.8 Å². The molecule has 17 heavy (non-hydrogen) atoms. The minimum Gasteiger partial charge on any atom is -0.393 e. The zero-order valence-electron chi connectivity index (χ0n) is 10.5. The monoisotopic (exact) mass is 261 g/mol. The number of hydrogen-bond donors (Lipinski definition) is 1. The van der Waals surface area contributed by atoms with Crippen LogP contribution in [0.3, 0.4) is 0 Å². The van der Waals surface area contributed by atoms with Crippen molar-refractivity contribution in [1.29, 1.82) is 0 Å². The van der Waals surface area contributed by atoms with E-state index < -0.39 is 10.0 Å². The molecule has 0 amide bonds. The molecule has 5 heteroatoms. The molecule has 1 saturated carbocycles. The fourth-order valence-electron chi connectivity index (χ4n) is 2.49. The molecule has 1 aliphatic carbocycles. The Bertz CT molecular complexity index is 341. The van der Waals surface area contributed by atoms with Crippen LogP contribution in [0.5, 0.6) is 0 Å². The molecule has 4 nitrogen and oxygen atoms in total. The van der Waals surface area contributed by atoms with Crippen LogP contribution in [0.2, 0.25) is 0 Å². The Labute approximate surface area is 104 Å². The molecule has 1 N–H and O–H groups in total. The van der Waals surface area contributed by atoms with Crippen molar-refractivity contribution in [3.63, 3.8) is 0 Å². The highest BCUT2D eigenvalue weighted by Gasteiger charge is 2.31. The van der Waals surface area contributed by atoms with Crippen molar-refractivity contribution in [2.24, 2.45) is 11.8 Å². The maximum atomic E-state index is 12.1. The largest absolute Gasteiger partial charge is 0.393 e. The molecule has 1 aliphatic heterocycles. The van der Waals surface area contributed by atoms with Gasteiger partial charge in [0.05, 0.1) is 11.9 Å². The van der Waals surface area contributed by atoms with E-state index in [9.17, 15) is 13.5 Å². The van der Waals surface area contributed by atoms with E-state index in [2.05, 4.69) is 0 Å². The average Bonchev–Trinajstić information content (AvgIpc) is 3.10. The van der Waals surface area contributed by atoms with E-state index in [1.807, 2.05) is 0 Å². The lowest BCUT2D eigenvalue weighted by Gasteiger charge is -2.32. The molecule has 100 valence electrons. The summed E-state index contributed by atoms with van der Waals surface area (Å²) in [4.78, 5) is 0. The highest BCUT2D eigenvalue weighted by molar-refractivity contribution is 7.89. The second kappa shape index (κ2) is 5.24. The zero-order valence-corrected chi connectivity index (χ0v) is 11.3. The van der Waals surface area contributed by atoms with Gasteiger partial charge >= 0.3 is 0 Å². The first-order chi connectivity index (χ1) is 7.99. The van der Waals surface area contributed by atoms with Crippen LogP contribution in [0.15, 0.2) is 0 Å². The van der Waals surface area contributed by atoms with Crippen molar-refractivity contribution in [2.75, 3.05) is 18.8 Å². The van der Waals surface area contributed by atoms with E-state index in [-0.39, 0.29) is 12.0 Å². The van der Waals surface area contributed by atoms with Gasteiger partial charge in [0.2, 0.25) is 10.0 Å². The van der Waals surface area contributed by atoms with Crippen molar-refractivity contribution in [3.05, 3.63) is 0 Å². The van der Waals surface area contributed by atoms with E-state index in [0.717, 1.165) is 19.3 Å². The van der Waals surface area contributed by atoms with Crippen LogP contribution in [0.25, 0.3) is 0 Å². The smallest absolute Gasteiger partial charge is 0.214 e. The van der Waals surface area contributed by atoms with Gasteiger partial charge in [-0.1, -0.05) is 12.8 Å². The number of aliphatic hydroxyl groups is 1. The van der Waals surface area contributed by atoms with Crippen LogP contribution in [0.1, 0.15) is 39.0 Å². The summed E-state index contributed by atoms with van der Waals surface area (Å²) in [5.41, 5.74) is 0. The van der Waals surface area contributed by atoms with Gasteiger partial charge in [0, 0.05) is 13.1 Å². The topological polar surface area (TPSA) is 57.6 Å². The lowest BCUT2D eigenvalue weighted by molar-refractivity contribution is 0.0912. The van der Waals surface area contributed by atoms with Crippen LogP contribution in [-0.2, 0) is 10.0 Å². The van der Waals surface area contributed by atoms with Gasteiger partial charge in [-0.15, -0.1) is 0 Å². The lowest BCUT2D eigenvalue weighted by Crippen LogP contribution is -2.41. The Hall–Kier alpha value is -0.130. The number of piperidine rings is 1. The van der Waals surface area contributed by atoms with Gasteiger partial charge in [-0.25, -0.2) is 12.7 Å². The predicted molar refractivity (Wildman–Crippen MR) is 67.1 cm³/mol. The quantitative estimate of drug-likeness (QED) is 0.809. The number of sulfonamides is 1. The Morgan fingerprint density at radius 2 is 1.82 bits per heavy atom. The third-order valence-corrected chi connectivity index (χ3v) is 5.96. The van der Waals surface area contributed by atoms with Gasteiger partial charge in [0.1, 0.15) is 0 Å². The van der Waals surface area contributed by atoms with Crippen LogP contribution < -0.4 is 0 Å². The minimum atomic E-state index is -3.04. The first-order valence-electron chi connectivity index (χ1n) is 6.65. The van der Waals surface area contributed by atoms with E-state index in [1.54, 1.807) is 11.2 Å². The van der Waals surface area contributed by atoms with Crippen molar-refractivity contribution in [2.45, 2.75) is 45.1 Å². The molecule has 0 spiro atoms. The maximum Gasteiger partial charge on any atom is 0.214 e. The number of rotatable bonds is 5. The molecule has 1 atom stereocenters. The van der Waals surface area contributed by atoms with E-state index in [1.165, 1.54) is 12.8 Å². The van der Waals surface area contributed by atoms with Crippen molar-refractivity contribution in [3.8, 4) is 0 Å². The Balaban J connectivity index is 1.81. The first kappa shape index (κ1) is 13.3. The molecule has 0 aromatic rings. The third-order valence-electron chi connectivity index (χ3n) is 4.06. The Morgan fingerprint density at radius 3 is 2.29 bits per heavy atom. The normalized spacial score (nSPS) is 26.0. The molecule has 1 heterocycles. The fraction of sp³-hybridized carbons (Fsp3) is 1.00. The highest BCUT2D eigenvalue weighted by Crippen LogP contribution is 2.33. The molecule has 0 radical (unpaired) electrons. The summed E-state index contributed by atoms with van der Waals surface area (Å²) in [6, 6.07) is 0. The average molecular weight is 261 g/mol. The zero-order chi connectivity index (χ0) is 12.5. The molecule has 0 aromatic carbocycles. The van der Waals surface area contributed by atoms with Crippen LogP contribution >= 0.6 is 0 Å². The van der Waals surface area contributed by atoms with Gasteiger partial charge in [0.25, 0.3) is 0 Å². The highest BCUT2D eigenvalue weighted by atomic mass is 32.2. The SMILES string of the molecule is C[C@H](O)C1CCN(S(=O)(=O)CCC2CC2)CC1. The molecule has 2 aliphatic rings. The standard InChI is InChI=1S/C12H23NO3S/c1-10(14)12-4-7-13(8-5-12)17(15,16)9-6-11-2-3-11/h10-12,14H,2-9H2,1H3/t10-/m0/s1. The van der Waals surface area contributed by atoms with E-state index in [4.69, 9.17) is 0 Å². The first-order valence-corrected chi connectivity index (χ1v) is 8.26. The molecule has 1 saturated heterocycles. The second-order valence-electron chi connectivity index (χ2n) is 5.53. The maximum absolute atomic E-state index is 12.1. The summed E-state index contributed by atoms with van der Waals surface area (Å²) in [5, 5.41) is 9.48. The molecular weight excluding hydrogens is 238 g/mol. The summed E-state index contributed by atoms with van der Waals surface area (Å²) in [6.07, 6.45) is 4.52. The van der Waals surface area contributed by atoms with E-state index >= 15 is 0 Å². The van der Waals surface area contributed by atoms with Gasteiger partial charge < -0.3 is 5.11 Å². The molecule has 0 unspecified atom stereocenters. The summed E-state index contributed by atoms with van der Waals surface area (Å²) >= 11 is 0. The van der Waals surface area contributed by atoms with Crippen molar-refractivity contribution in [1.82, 2.24) is 4.31 Å². The Morgan fingerprint density at radius 1 is 1.24 bits per heavy atom. The number of hydrogen-bond acceptors (Lipinski definition) is 3. The molecule has 0 aromatic heterocycles. The number of nitrogens with zero attached hydrogens (tertiary/aromatic N) is 1. The fourth-order valence-corrected chi connectivity index (χ4v) is 4.14. The molecule has 2 rings (SSSR count). The van der Waals surface area contributed by atoms with Crippen LogP contribution in [0, 0.1) is 11.8 Å². The molecule has 2 fully saturated rings. The summed E-state index contributed by atoms with van der Waals surface area (Å²) in [6.45, 7) is 2.97. The molecular formula is C12H23NO3S. The summed E-state index contributed by atoms with van der Waals surface area (Å²) < 4.78 is 25.7. The van der Waals surface area contributed by atoms with Gasteiger partial charge in [-0.05, 0) is 38.0 Å². The summed E-state index contributed by atoms with van der Waals surface area (Å²) in [7, 11) is -3.04. The van der Waals surface area contributed by atoms with E-state index in [0.29, 0.717) is 24.8 Å². The van der Waals surface area contributed by atoms with Crippen molar-refractivity contribution < 1.29 is 13.5 Å². The summed E-state index contributed by atoms with van der Waals surface area (Å²) in [5.74, 6) is 1.25. The second-order valence-corrected chi connectivity index (χ2v) is 7.61. The third kappa shape index (κ3) is 3.66. The van der Waals surface area contributed by atoms with Gasteiger partial charge in [-0.3, -0.25) is 0 Å². The predicted octanol–water partition coefficient (Wildman–Crippen LogP) is 1.21. The lowest BCUT2D eigenvalue weighted by atomic mass is 9.93. The van der Waals surface area contributed by atoms with Crippen LogP contribution in [0.4, 0.5) is 0 Å². The number of aliphatic hydroxyl groups excluding tert-OH is 1. The van der Waals surface area contributed by atoms with Gasteiger partial charge in [0.15, 0.2) is 0 Å². The van der Waals surface area contributed by atoms with Crippen molar-refractivity contribution >= 4 is 10.0 Å². The molecule has 0 bridgehead atoms.